The summed E-state index contributed by atoms with van der Waals surface area (Å²) >= 11 is 1.38. The predicted molar refractivity (Wildman–Crippen MR) is 98.0 cm³/mol. The maximum atomic E-state index is 13.7. The van der Waals surface area contributed by atoms with Crippen LogP contribution in [0.15, 0.2) is 59.0 Å². The molecule has 0 atom stereocenters. The third-order valence-corrected chi connectivity index (χ3v) is 4.45. The Balaban J connectivity index is 1.64. The van der Waals surface area contributed by atoms with E-state index in [1.54, 1.807) is 0 Å². The van der Waals surface area contributed by atoms with E-state index in [0.717, 1.165) is 29.5 Å². The number of carbonyl (C=O) groups is 1. The topological polar surface area (TPSA) is 54.4 Å². The molecule has 0 aliphatic heterocycles. The Hall–Kier alpha value is -2.93. The average molecular weight is 371 g/mol. The van der Waals surface area contributed by atoms with Gasteiger partial charge in [0.2, 0.25) is 5.91 Å². The normalized spacial score (nSPS) is 11.4. The Morgan fingerprint density at radius 1 is 1.19 bits per heavy atom. The van der Waals surface area contributed by atoms with Crippen molar-refractivity contribution >= 4 is 23.0 Å². The van der Waals surface area contributed by atoms with Crippen LogP contribution in [-0.2, 0) is 11.2 Å². The van der Waals surface area contributed by atoms with Crippen molar-refractivity contribution in [2.45, 2.75) is 13.3 Å². The van der Waals surface area contributed by atoms with Crippen molar-refractivity contribution in [1.29, 1.82) is 0 Å². The first kappa shape index (κ1) is 17.9. The number of rotatable bonds is 5. The Labute approximate surface area is 153 Å². The van der Waals surface area contributed by atoms with Crippen molar-refractivity contribution in [3.05, 3.63) is 76.1 Å². The van der Waals surface area contributed by atoms with Gasteiger partial charge in [0.05, 0.1) is 17.8 Å². The van der Waals surface area contributed by atoms with Crippen LogP contribution < -0.4 is 5.43 Å². The molecule has 0 bridgehead atoms. The van der Waals surface area contributed by atoms with Crippen LogP contribution >= 0.6 is 11.3 Å². The van der Waals surface area contributed by atoms with Crippen LogP contribution in [0, 0.1) is 11.6 Å². The third-order valence-electron chi connectivity index (χ3n) is 3.60. The van der Waals surface area contributed by atoms with Gasteiger partial charge in [-0.25, -0.2) is 19.2 Å². The molecule has 0 unspecified atom stereocenters. The summed E-state index contributed by atoms with van der Waals surface area (Å²) < 4.78 is 26.9. The number of aromatic nitrogens is 1. The Kier molecular flexibility index (Phi) is 5.48. The molecule has 0 aliphatic rings. The van der Waals surface area contributed by atoms with Gasteiger partial charge in [0.1, 0.15) is 16.6 Å². The Morgan fingerprint density at radius 3 is 2.73 bits per heavy atom. The van der Waals surface area contributed by atoms with Gasteiger partial charge in [0, 0.05) is 16.5 Å². The van der Waals surface area contributed by atoms with Crippen LogP contribution in [-0.4, -0.2) is 16.6 Å². The molecule has 1 heterocycles. The molecule has 4 nitrogen and oxygen atoms in total. The summed E-state index contributed by atoms with van der Waals surface area (Å²) in [6.07, 6.45) is 0.0555. The maximum Gasteiger partial charge on any atom is 0.246 e. The minimum Gasteiger partial charge on any atom is -0.273 e. The van der Waals surface area contributed by atoms with Gasteiger partial charge in [-0.15, -0.1) is 11.3 Å². The first-order valence-corrected chi connectivity index (χ1v) is 8.69. The summed E-state index contributed by atoms with van der Waals surface area (Å²) in [5.41, 5.74) is 4.32. The number of benzene rings is 2. The standard InChI is InChI=1S/C19H15F2N3OS/c1-12(15-9-14(20)7-8-16(15)21)23-24-18(25)10-19-22-17(11-26-19)13-5-3-2-4-6-13/h2-9,11H,10H2,1H3,(H,24,25)/b23-12-. The number of amides is 1. The lowest BCUT2D eigenvalue weighted by molar-refractivity contribution is -0.120. The van der Waals surface area contributed by atoms with Crippen LogP contribution in [0.2, 0.25) is 0 Å². The second-order valence-electron chi connectivity index (χ2n) is 5.53. The Bertz CT molecular complexity index is 954. The number of hydrazone groups is 1. The molecule has 3 rings (SSSR count). The number of hydrogen-bond donors (Lipinski definition) is 1. The Morgan fingerprint density at radius 2 is 1.96 bits per heavy atom. The molecule has 0 fully saturated rings. The largest absolute Gasteiger partial charge is 0.273 e. The molecule has 0 saturated carbocycles. The number of carbonyl (C=O) groups excluding carboxylic acids is 1. The summed E-state index contributed by atoms with van der Waals surface area (Å²) in [6, 6.07) is 12.7. The first-order valence-electron chi connectivity index (χ1n) is 7.81. The van der Waals surface area contributed by atoms with Crippen LogP contribution in [0.1, 0.15) is 17.5 Å². The van der Waals surface area contributed by atoms with Gasteiger partial charge in [-0.05, 0) is 25.1 Å². The predicted octanol–water partition coefficient (Wildman–Crippen LogP) is 4.17. The molecule has 0 aliphatic carbocycles. The van der Waals surface area contributed by atoms with Crippen molar-refractivity contribution in [3.63, 3.8) is 0 Å². The monoisotopic (exact) mass is 371 g/mol. The summed E-state index contributed by atoms with van der Waals surface area (Å²) in [7, 11) is 0. The number of nitrogens with one attached hydrogen (secondary N) is 1. The molecule has 26 heavy (non-hydrogen) atoms. The van der Waals surface area contributed by atoms with E-state index in [0.29, 0.717) is 5.01 Å². The number of halogens is 2. The van der Waals surface area contributed by atoms with Crippen molar-refractivity contribution in [2.75, 3.05) is 0 Å². The highest BCUT2D eigenvalue weighted by molar-refractivity contribution is 7.10. The lowest BCUT2D eigenvalue weighted by Gasteiger charge is -2.04. The SMILES string of the molecule is C/C(=N/NC(=O)Cc1nc(-c2ccccc2)cs1)c1cc(F)ccc1F. The van der Waals surface area contributed by atoms with Gasteiger partial charge in [-0.2, -0.15) is 5.10 Å². The highest BCUT2D eigenvalue weighted by atomic mass is 32.1. The molecular weight excluding hydrogens is 356 g/mol. The highest BCUT2D eigenvalue weighted by Gasteiger charge is 2.10. The molecule has 1 N–H and O–H groups in total. The van der Waals surface area contributed by atoms with Crippen LogP contribution in [0.25, 0.3) is 11.3 Å². The molecule has 7 heteroatoms. The summed E-state index contributed by atoms with van der Waals surface area (Å²) in [5, 5.41) is 6.37. The molecule has 3 aromatic rings. The molecule has 2 aromatic carbocycles. The van der Waals surface area contributed by atoms with E-state index in [1.165, 1.54) is 18.3 Å². The molecule has 1 amide bonds. The van der Waals surface area contributed by atoms with Crippen molar-refractivity contribution in [3.8, 4) is 11.3 Å². The van der Waals surface area contributed by atoms with Gasteiger partial charge < -0.3 is 0 Å². The fourth-order valence-electron chi connectivity index (χ4n) is 2.29. The zero-order chi connectivity index (χ0) is 18.5. The van der Waals surface area contributed by atoms with Crippen LogP contribution in [0.3, 0.4) is 0 Å². The van der Waals surface area contributed by atoms with Crippen LogP contribution in [0.4, 0.5) is 8.78 Å². The zero-order valence-corrected chi connectivity index (χ0v) is 14.7. The highest BCUT2D eigenvalue weighted by Crippen LogP contribution is 2.21. The van der Waals surface area contributed by atoms with Crippen LogP contribution in [0.5, 0.6) is 0 Å². The molecule has 0 saturated heterocycles. The molecule has 0 spiro atoms. The second-order valence-corrected chi connectivity index (χ2v) is 6.47. The van der Waals surface area contributed by atoms with Gasteiger partial charge in [-0.1, -0.05) is 30.3 Å². The number of thiazole rings is 1. The van der Waals surface area contributed by atoms with E-state index in [1.807, 2.05) is 35.7 Å². The van der Waals surface area contributed by atoms with E-state index < -0.39 is 11.6 Å². The maximum absolute atomic E-state index is 13.7. The van der Waals surface area contributed by atoms with E-state index in [4.69, 9.17) is 0 Å². The average Bonchev–Trinajstić information content (AvgIpc) is 3.11. The number of hydrogen-bond acceptors (Lipinski definition) is 4. The van der Waals surface area contributed by atoms with Crippen molar-refractivity contribution in [1.82, 2.24) is 10.4 Å². The van der Waals surface area contributed by atoms with Gasteiger partial charge in [0.15, 0.2) is 0 Å². The molecule has 1 aromatic heterocycles. The minimum atomic E-state index is -0.602. The quantitative estimate of drug-likeness (QED) is 0.541. The first-order chi connectivity index (χ1) is 12.5. The fourth-order valence-corrected chi connectivity index (χ4v) is 3.09. The summed E-state index contributed by atoms with van der Waals surface area (Å²) in [6.45, 7) is 1.50. The smallest absolute Gasteiger partial charge is 0.246 e. The number of nitrogens with zero attached hydrogens (tertiary/aromatic N) is 2. The molecule has 132 valence electrons. The third kappa shape index (κ3) is 4.37. The van der Waals surface area contributed by atoms with Crippen molar-refractivity contribution < 1.29 is 13.6 Å². The zero-order valence-electron chi connectivity index (χ0n) is 13.9. The van der Waals surface area contributed by atoms with Gasteiger partial charge >= 0.3 is 0 Å². The van der Waals surface area contributed by atoms with E-state index in [2.05, 4.69) is 15.5 Å². The lowest BCUT2D eigenvalue weighted by atomic mass is 10.1. The summed E-state index contributed by atoms with van der Waals surface area (Å²) in [5.74, 6) is -1.55. The van der Waals surface area contributed by atoms with Crippen molar-refractivity contribution in [2.24, 2.45) is 5.10 Å². The fraction of sp³-hybridized carbons (Fsp3) is 0.105. The molecule has 0 radical (unpaired) electrons. The van der Waals surface area contributed by atoms with Gasteiger partial charge in [-0.3, -0.25) is 4.79 Å². The molecular formula is C19H15F2N3OS. The van der Waals surface area contributed by atoms with Gasteiger partial charge in [0.25, 0.3) is 0 Å². The second kappa shape index (κ2) is 7.97. The minimum absolute atomic E-state index is 0.00547. The van der Waals surface area contributed by atoms with E-state index >= 15 is 0 Å². The summed E-state index contributed by atoms with van der Waals surface area (Å²) in [4.78, 5) is 16.5. The van der Waals surface area contributed by atoms with E-state index in [-0.39, 0.29) is 23.6 Å². The lowest BCUT2D eigenvalue weighted by Crippen LogP contribution is -2.21. The van der Waals surface area contributed by atoms with E-state index in [9.17, 15) is 13.6 Å².